The number of amides is 1. The Morgan fingerprint density at radius 2 is 1.77 bits per heavy atom. The molecule has 7 heteroatoms. The molecule has 3 N–H and O–H groups in total. The first-order valence-corrected chi connectivity index (χ1v) is 10.4. The second kappa shape index (κ2) is 7.91. The maximum atomic E-state index is 12.3. The number of benzene rings is 2. The first-order valence-electron chi connectivity index (χ1n) is 10.4. The number of hydrogen-bond acceptors (Lipinski definition) is 5. The summed E-state index contributed by atoms with van der Waals surface area (Å²) >= 11 is 0. The molecule has 0 unspecified atom stereocenters. The Kier molecular flexibility index (Phi) is 4.96. The molecule has 1 aromatic heterocycles. The van der Waals surface area contributed by atoms with Crippen molar-refractivity contribution in [3.8, 4) is 11.1 Å². The van der Waals surface area contributed by atoms with Crippen molar-refractivity contribution in [2.24, 2.45) is 11.7 Å². The number of aromatic nitrogens is 3. The number of nitrogens with zero attached hydrogens (tertiary/aromatic N) is 3. The van der Waals surface area contributed by atoms with Gasteiger partial charge in [-0.25, -0.2) is 9.48 Å². The summed E-state index contributed by atoms with van der Waals surface area (Å²) in [5.41, 5.74) is 11.3. The van der Waals surface area contributed by atoms with Gasteiger partial charge in [0.2, 0.25) is 0 Å². The summed E-state index contributed by atoms with van der Waals surface area (Å²) < 4.78 is 7.48. The van der Waals surface area contributed by atoms with Gasteiger partial charge in [-0.15, -0.1) is 5.10 Å². The highest BCUT2D eigenvalue weighted by Crippen LogP contribution is 2.44. The summed E-state index contributed by atoms with van der Waals surface area (Å²) in [7, 11) is 0. The third-order valence-electron chi connectivity index (χ3n) is 6.23. The second-order valence-corrected chi connectivity index (χ2v) is 8.09. The van der Waals surface area contributed by atoms with Crippen LogP contribution in [0, 0.1) is 5.92 Å². The van der Waals surface area contributed by atoms with E-state index < -0.39 is 0 Å². The average molecular weight is 403 g/mol. The molecule has 2 aliphatic rings. The van der Waals surface area contributed by atoms with E-state index in [4.69, 9.17) is 10.5 Å². The summed E-state index contributed by atoms with van der Waals surface area (Å²) in [5.74, 6) is 0.515. The Labute approximate surface area is 175 Å². The molecule has 0 aliphatic heterocycles. The van der Waals surface area contributed by atoms with Crippen molar-refractivity contribution in [1.82, 2.24) is 20.3 Å². The van der Waals surface area contributed by atoms with E-state index in [1.807, 2.05) is 35.1 Å². The Balaban J connectivity index is 1.12. The molecule has 0 atom stereocenters. The fourth-order valence-corrected chi connectivity index (χ4v) is 4.55. The predicted molar refractivity (Wildman–Crippen MR) is 113 cm³/mol. The molecule has 3 aromatic rings. The van der Waals surface area contributed by atoms with Crippen molar-refractivity contribution >= 4 is 6.09 Å². The normalized spacial score (nSPS) is 19.6. The molecule has 2 aromatic carbocycles. The zero-order valence-corrected chi connectivity index (χ0v) is 16.7. The van der Waals surface area contributed by atoms with Crippen LogP contribution >= 0.6 is 0 Å². The van der Waals surface area contributed by atoms with E-state index in [9.17, 15) is 4.79 Å². The highest BCUT2D eigenvalue weighted by atomic mass is 16.5. The standard InChI is InChI=1S/C23H25N5O2/c24-11-16-13-28(27-26-16)17-9-15(10-17)12-25-23(29)30-14-22-20-7-3-1-5-18(20)19-6-2-4-8-21(19)22/h1-8,13,15,17,22H,9-12,14,24H2,(H,25,29). The van der Waals surface area contributed by atoms with Gasteiger partial charge in [0.05, 0.1) is 17.9 Å². The molecule has 0 saturated heterocycles. The number of ether oxygens (including phenoxy) is 1. The molecule has 5 rings (SSSR count). The predicted octanol–water partition coefficient (Wildman–Crippen LogP) is 3.23. The van der Waals surface area contributed by atoms with Crippen molar-refractivity contribution in [3.05, 3.63) is 71.5 Å². The molecule has 1 fully saturated rings. The van der Waals surface area contributed by atoms with E-state index in [1.54, 1.807) is 0 Å². The first-order chi connectivity index (χ1) is 14.7. The summed E-state index contributed by atoms with van der Waals surface area (Å²) in [4.78, 5) is 12.3. The Bertz CT molecular complexity index is 1010. The fourth-order valence-electron chi connectivity index (χ4n) is 4.55. The molecular formula is C23H25N5O2. The van der Waals surface area contributed by atoms with E-state index in [-0.39, 0.29) is 12.0 Å². The summed E-state index contributed by atoms with van der Waals surface area (Å²) in [6, 6.07) is 17.0. The summed E-state index contributed by atoms with van der Waals surface area (Å²) in [6.45, 7) is 1.36. The van der Waals surface area contributed by atoms with Crippen LogP contribution in [0.4, 0.5) is 4.79 Å². The van der Waals surface area contributed by atoms with Crippen molar-refractivity contribution in [2.45, 2.75) is 31.3 Å². The second-order valence-electron chi connectivity index (χ2n) is 8.09. The molecule has 0 bridgehead atoms. The van der Waals surface area contributed by atoms with E-state index in [1.165, 1.54) is 22.3 Å². The average Bonchev–Trinajstić information content (AvgIpc) is 3.34. The largest absolute Gasteiger partial charge is 0.449 e. The molecule has 1 amide bonds. The maximum absolute atomic E-state index is 12.3. The summed E-state index contributed by atoms with van der Waals surface area (Å²) in [5, 5.41) is 11.1. The zero-order valence-electron chi connectivity index (χ0n) is 16.7. The monoisotopic (exact) mass is 403 g/mol. The van der Waals surface area contributed by atoms with Gasteiger partial charge in [-0.1, -0.05) is 53.7 Å². The molecule has 2 aliphatic carbocycles. The SMILES string of the molecule is NCc1cn(C2CC(CNC(=O)OCC3c4ccccc4-c4ccccc43)C2)nn1. The van der Waals surface area contributed by atoms with E-state index >= 15 is 0 Å². The minimum Gasteiger partial charge on any atom is -0.449 e. The smallest absolute Gasteiger partial charge is 0.407 e. The van der Waals surface area contributed by atoms with Crippen LogP contribution in [-0.4, -0.2) is 34.2 Å². The van der Waals surface area contributed by atoms with Crippen LogP contribution in [0.2, 0.25) is 0 Å². The van der Waals surface area contributed by atoms with Crippen molar-refractivity contribution in [1.29, 1.82) is 0 Å². The topological polar surface area (TPSA) is 95.1 Å². The van der Waals surface area contributed by atoms with Crippen LogP contribution in [0.3, 0.4) is 0 Å². The molecule has 1 heterocycles. The maximum Gasteiger partial charge on any atom is 0.407 e. The zero-order chi connectivity index (χ0) is 20.5. The van der Waals surface area contributed by atoms with Gasteiger partial charge >= 0.3 is 6.09 Å². The molecule has 1 saturated carbocycles. The van der Waals surface area contributed by atoms with Gasteiger partial charge in [-0.2, -0.15) is 0 Å². The molecule has 30 heavy (non-hydrogen) atoms. The van der Waals surface area contributed by atoms with Crippen molar-refractivity contribution in [2.75, 3.05) is 13.2 Å². The van der Waals surface area contributed by atoms with Gasteiger partial charge in [0.15, 0.2) is 0 Å². The van der Waals surface area contributed by atoms with Crippen molar-refractivity contribution in [3.63, 3.8) is 0 Å². The lowest BCUT2D eigenvalue weighted by Gasteiger charge is -2.34. The molecule has 0 radical (unpaired) electrons. The number of alkyl carbamates (subject to hydrolysis) is 1. The minimum atomic E-state index is -0.355. The van der Waals surface area contributed by atoms with E-state index in [2.05, 4.69) is 39.9 Å². The third kappa shape index (κ3) is 3.45. The van der Waals surface area contributed by atoms with Crippen LogP contribution in [0.5, 0.6) is 0 Å². The summed E-state index contributed by atoms with van der Waals surface area (Å²) in [6.07, 6.45) is 3.49. The Hall–Kier alpha value is -3.19. The highest BCUT2D eigenvalue weighted by Gasteiger charge is 2.32. The van der Waals surface area contributed by atoms with Gasteiger partial charge < -0.3 is 15.8 Å². The van der Waals surface area contributed by atoms with Gasteiger partial charge in [-0.3, -0.25) is 0 Å². The quantitative estimate of drug-likeness (QED) is 0.659. The van der Waals surface area contributed by atoms with Crippen LogP contribution in [0.25, 0.3) is 11.1 Å². The van der Waals surface area contributed by atoms with Crippen LogP contribution < -0.4 is 11.1 Å². The first kappa shape index (κ1) is 18.8. The van der Waals surface area contributed by atoms with Crippen LogP contribution in [0.15, 0.2) is 54.7 Å². The van der Waals surface area contributed by atoms with Crippen LogP contribution in [-0.2, 0) is 11.3 Å². The number of carbonyl (C=O) groups is 1. The Morgan fingerprint density at radius 3 is 2.40 bits per heavy atom. The fraction of sp³-hybridized carbons (Fsp3) is 0.348. The lowest BCUT2D eigenvalue weighted by atomic mass is 9.80. The lowest BCUT2D eigenvalue weighted by molar-refractivity contribution is 0.131. The van der Waals surface area contributed by atoms with Gasteiger partial charge in [0, 0.05) is 19.0 Å². The Morgan fingerprint density at radius 1 is 1.10 bits per heavy atom. The number of nitrogens with two attached hydrogens (primary N) is 1. The van der Waals surface area contributed by atoms with E-state index in [0.29, 0.717) is 31.7 Å². The lowest BCUT2D eigenvalue weighted by Crippen LogP contribution is -2.37. The molecular weight excluding hydrogens is 378 g/mol. The molecule has 154 valence electrons. The number of fused-ring (bicyclic) bond motifs is 3. The highest BCUT2D eigenvalue weighted by molar-refractivity contribution is 5.79. The molecule has 0 spiro atoms. The van der Waals surface area contributed by atoms with Crippen molar-refractivity contribution < 1.29 is 9.53 Å². The van der Waals surface area contributed by atoms with Gasteiger partial charge in [0.1, 0.15) is 6.61 Å². The number of nitrogens with one attached hydrogen (secondary N) is 1. The number of rotatable bonds is 6. The number of carbonyl (C=O) groups excluding carboxylic acids is 1. The number of hydrogen-bond donors (Lipinski definition) is 2. The third-order valence-corrected chi connectivity index (χ3v) is 6.23. The minimum absolute atomic E-state index is 0.0836. The van der Waals surface area contributed by atoms with Crippen LogP contribution in [0.1, 0.15) is 41.6 Å². The molecule has 7 nitrogen and oxygen atoms in total. The van der Waals surface area contributed by atoms with E-state index in [0.717, 1.165) is 18.5 Å². The van der Waals surface area contributed by atoms with Gasteiger partial charge in [-0.05, 0) is 41.0 Å². The van der Waals surface area contributed by atoms with Gasteiger partial charge in [0.25, 0.3) is 0 Å².